The van der Waals surface area contributed by atoms with E-state index in [-0.39, 0.29) is 11.7 Å². The van der Waals surface area contributed by atoms with Crippen LogP contribution in [0.1, 0.15) is 10.4 Å². The van der Waals surface area contributed by atoms with Crippen LogP contribution in [0.15, 0.2) is 42.5 Å². The molecule has 0 aliphatic rings. The van der Waals surface area contributed by atoms with E-state index in [9.17, 15) is 0 Å². The molecule has 25 heavy (non-hydrogen) atoms. The Morgan fingerprint density at radius 1 is 0.880 bits per heavy atom. The molecule has 3 aromatic heterocycles. The Morgan fingerprint density at radius 2 is 1.60 bits per heavy atom. The number of fused-ring (bicyclic) bond motifs is 1. The summed E-state index contributed by atoms with van der Waals surface area (Å²) in [5.41, 5.74) is 13.4. The van der Waals surface area contributed by atoms with Crippen LogP contribution in [0.4, 0.5) is 0 Å². The minimum atomic E-state index is 0.0374. The number of thiophene rings is 2. The van der Waals surface area contributed by atoms with Gasteiger partial charge >= 0.3 is 0 Å². The third kappa shape index (κ3) is 2.81. The van der Waals surface area contributed by atoms with Crippen LogP contribution in [0, 0.1) is 10.8 Å². The maximum absolute atomic E-state index is 7.53. The molecule has 0 spiro atoms. The first-order valence-corrected chi connectivity index (χ1v) is 9.03. The number of nitrogens with two attached hydrogens (primary N) is 2. The summed E-state index contributed by atoms with van der Waals surface area (Å²) in [6.07, 6.45) is 0. The second-order valence-electron chi connectivity index (χ2n) is 5.47. The summed E-state index contributed by atoms with van der Waals surface area (Å²) in [5.74, 6) is 0.914. The van der Waals surface area contributed by atoms with Crippen molar-refractivity contribution in [3.8, 4) is 20.5 Å². The molecule has 0 fully saturated rings. The standard InChI is InChI=1S/C17H14N6S2/c18-15(19)8-1-2-9-10(7-8)23-17(22-9)14-6-4-12(25-14)11-3-5-13(24-11)16(20)21/h1-7H,(H3,18,19)(H3,20,21)(H,22,23). The van der Waals surface area contributed by atoms with Crippen molar-refractivity contribution in [2.75, 3.05) is 0 Å². The molecule has 0 saturated heterocycles. The second-order valence-corrected chi connectivity index (χ2v) is 7.64. The molecule has 1 aromatic carbocycles. The molecule has 0 saturated carbocycles. The first-order valence-electron chi connectivity index (χ1n) is 7.40. The average molecular weight is 366 g/mol. The number of nitrogens with one attached hydrogen (secondary N) is 3. The van der Waals surface area contributed by atoms with E-state index < -0.39 is 0 Å². The Morgan fingerprint density at radius 3 is 2.32 bits per heavy atom. The molecule has 3 heterocycles. The van der Waals surface area contributed by atoms with Gasteiger partial charge < -0.3 is 16.5 Å². The fourth-order valence-corrected chi connectivity index (χ4v) is 4.42. The highest BCUT2D eigenvalue weighted by Crippen LogP contribution is 2.37. The van der Waals surface area contributed by atoms with Crippen LogP contribution >= 0.6 is 22.7 Å². The molecule has 4 rings (SSSR count). The van der Waals surface area contributed by atoms with Crippen molar-refractivity contribution in [1.29, 1.82) is 10.8 Å². The maximum atomic E-state index is 7.53. The van der Waals surface area contributed by atoms with Crippen LogP contribution in [-0.2, 0) is 0 Å². The summed E-state index contributed by atoms with van der Waals surface area (Å²) in [4.78, 5) is 11.9. The van der Waals surface area contributed by atoms with Gasteiger partial charge in [-0.15, -0.1) is 22.7 Å². The first-order chi connectivity index (χ1) is 12.0. The molecule has 0 radical (unpaired) electrons. The SMILES string of the molecule is N=C(N)c1ccc2nc(-c3ccc(-c4ccc(C(=N)N)s4)s3)[nH]c2c1. The van der Waals surface area contributed by atoms with E-state index >= 15 is 0 Å². The lowest BCUT2D eigenvalue weighted by Gasteiger charge is -1.96. The lowest BCUT2D eigenvalue weighted by molar-refractivity contribution is 1.36. The van der Waals surface area contributed by atoms with Crippen molar-refractivity contribution in [2.24, 2.45) is 11.5 Å². The fourth-order valence-electron chi connectivity index (χ4n) is 2.51. The Kier molecular flexibility index (Phi) is 3.63. The molecule has 124 valence electrons. The number of H-pyrrole nitrogens is 1. The molecule has 6 nitrogen and oxygen atoms in total. The van der Waals surface area contributed by atoms with Crippen molar-refractivity contribution in [1.82, 2.24) is 9.97 Å². The van der Waals surface area contributed by atoms with Gasteiger partial charge in [-0.2, -0.15) is 0 Å². The van der Waals surface area contributed by atoms with Gasteiger partial charge in [0.05, 0.1) is 20.8 Å². The van der Waals surface area contributed by atoms with Gasteiger partial charge in [0, 0.05) is 15.3 Å². The molecule has 0 amide bonds. The number of nitrogen functional groups attached to an aromatic ring is 2. The van der Waals surface area contributed by atoms with Gasteiger partial charge in [-0.05, 0) is 42.5 Å². The summed E-state index contributed by atoms with van der Waals surface area (Å²) in [6.45, 7) is 0. The number of rotatable bonds is 4. The van der Waals surface area contributed by atoms with Gasteiger partial charge in [0.25, 0.3) is 0 Å². The fraction of sp³-hybridized carbons (Fsp3) is 0. The van der Waals surface area contributed by atoms with Crippen molar-refractivity contribution >= 4 is 45.4 Å². The van der Waals surface area contributed by atoms with E-state index in [4.69, 9.17) is 22.3 Å². The molecule has 0 bridgehead atoms. The molecule has 8 heteroatoms. The highest BCUT2D eigenvalue weighted by molar-refractivity contribution is 7.24. The number of amidine groups is 2. The number of aromatic amines is 1. The summed E-state index contributed by atoms with van der Waals surface area (Å²) >= 11 is 3.13. The zero-order chi connectivity index (χ0) is 17.6. The Hall–Kier alpha value is -2.97. The Labute approximate surface area is 151 Å². The van der Waals surface area contributed by atoms with Gasteiger partial charge in [-0.1, -0.05) is 0 Å². The second kappa shape index (κ2) is 5.83. The quantitative estimate of drug-likeness (QED) is 0.279. The third-order valence-electron chi connectivity index (χ3n) is 3.75. The molecular weight excluding hydrogens is 352 g/mol. The van der Waals surface area contributed by atoms with Crippen LogP contribution < -0.4 is 11.5 Å². The summed E-state index contributed by atoms with van der Waals surface area (Å²) in [7, 11) is 0. The molecule has 0 aliphatic carbocycles. The third-order valence-corrected chi connectivity index (χ3v) is 6.15. The van der Waals surface area contributed by atoms with Crippen LogP contribution in [0.25, 0.3) is 31.5 Å². The number of imidazole rings is 1. The average Bonchev–Trinajstić information content (AvgIpc) is 3.31. The lowest BCUT2D eigenvalue weighted by atomic mass is 10.2. The predicted molar refractivity (Wildman–Crippen MR) is 105 cm³/mol. The molecule has 0 unspecified atom stereocenters. The highest BCUT2D eigenvalue weighted by Gasteiger charge is 2.12. The van der Waals surface area contributed by atoms with Crippen LogP contribution in [-0.4, -0.2) is 21.6 Å². The van der Waals surface area contributed by atoms with Gasteiger partial charge in [-0.25, -0.2) is 4.98 Å². The minimum Gasteiger partial charge on any atom is -0.384 e. The Bertz CT molecular complexity index is 1120. The topological polar surface area (TPSA) is 128 Å². The molecule has 0 atom stereocenters. The van der Waals surface area contributed by atoms with Gasteiger partial charge in [0.2, 0.25) is 0 Å². The first kappa shape index (κ1) is 15.6. The lowest BCUT2D eigenvalue weighted by Crippen LogP contribution is -2.10. The smallest absolute Gasteiger partial charge is 0.148 e. The maximum Gasteiger partial charge on any atom is 0.148 e. The minimum absolute atomic E-state index is 0.0374. The van der Waals surface area contributed by atoms with Gasteiger partial charge in [0.1, 0.15) is 17.5 Å². The van der Waals surface area contributed by atoms with Gasteiger partial charge in [0.15, 0.2) is 0 Å². The van der Waals surface area contributed by atoms with Gasteiger partial charge in [-0.3, -0.25) is 10.8 Å². The number of hydrogen-bond donors (Lipinski definition) is 5. The molecule has 7 N–H and O–H groups in total. The number of benzene rings is 1. The largest absolute Gasteiger partial charge is 0.384 e. The molecular formula is C17H14N6S2. The van der Waals surface area contributed by atoms with E-state index in [1.807, 2.05) is 36.4 Å². The zero-order valence-corrected chi connectivity index (χ0v) is 14.6. The Balaban J connectivity index is 1.70. The van der Waals surface area contributed by atoms with E-state index in [1.165, 1.54) is 11.3 Å². The van der Waals surface area contributed by atoms with Crippen molar-refractivity contribution < 1.29 is 0 Å². The monoisotopic (exact) mass is 366 g/mol. The van der Waals surface area contributed by atoms with Crippen LogP contribution in [0.5, 0.6) is 0 Å². The van der Waals surface area contributed by atoms with E-state index in [0.717, 1.165) is 36.4 Å². The summed E-state index contributed by atoms with van der Waals surface area (Å²) < 4.78 is 0. The van der Waals surface area contributed by atoms with E-state index in [1.54, 1.807) is 17.4 Å². The van der Waals surface area contributed by atoms with Crippen molar-refractivity contribution in [3.05, 3.63) is 52.9 Å². The van der Waals surface area contributed by atoms with E-state index in [0.29, 0.717) is 5.56 Å². The zero-order valence-electron chi connectivity index (χ0n) is 13.0. The van der Waals surface area contributed by atoms with Crippen molar-refractivity contribution in [3.63, 3.8) is 0 Å². The predicted octanol–water partition coefficient (Wildman–Crippen LogP) is 3.59. The van der Waals surface area contributed by atoms with Crippen molar-refractivity contribution in [2.45, 2.75) is 0 Å². The highest BCUT2D eigenvalue weighted by atomic mass is 32.1. The number of nitrogens with zero attached hydrogens (tertiary/aromatic N) is 1. The molecule has 0 aliphatic heterocycles. The van der Waals surface area contributed by atoms with Crippen LogP contribution in [0.2, 0.25) is 0 Å². The normalized spacial score (nSPS) is 11.0. The summed E-state index contributed by atoms with van der Waals surface area (Å²) in [6, 6.07) is 13.4. The molecule has 4 aromatic rings. The number of hydrogen-bond acceptors (Lipinski definition) is 5. The van der Waals surface area contributed by atoms with E-state index in [2.05, 4.69) is 9.97 Å². The summed E-state index contributed by atoms with van der Waals surface area (Å²) in [5, 5.41) is 15.0. The van der Waals surface area contributed by atoms with Crippen LogP contribution in [0.3, 0.4) is 0 Å². The number of aromatic nitrogens is 2.